The Morgan fingerprint density at radius 3 is 2.48 bits per heavy atom. The Bertz CT molecular complexity index is 759. The zero-order valence-corrected chi connectivity index (χ0v) is 12.2. The van der Waals surface area contributed by atoms with Crippen LogP contribution in [0.3, 0.4) is 0 Å². The van der Waals surface area contributed by atoms with Gasteiger partial charge in [0.15, 0.2) is 0 Å². The van der Waals surface area contributed by atoms with E-state index in [4.69, 9.17) is 0 Å². The highest BCUT2D eigenvalue weighted by Crippen LogP contribution is 2.28. The van der Waals surface area contributed by atoms with Gasteiger partial charge in [-0.2, -0.15) is 13.2 Å². The maximum atomic E-state index is 12.5. The molecule has 0 unspecified atom stereocenters. The molecule has 0 atom stereocenters. The molecule has 1 N–H and O–H groups in total. The molecule has 6 heteroatoms. The van der Waals surface area contributed by atoms with Crippen molar-refractivity contribution in [1.29, 1.82) is 0 Å². The van der Waals surface area contributed by atoms with Crippen molar-refractivity contribution in [2.75, 3.05) is 6.54 Å². The van der Waals surface area contributed by atoms with Crippen LogP contribution >= 0.6 is 0 Å². The summed E-state index contributed by atoms with van der Waals surface area (Å²) >= 11 is 0. The molecule has 3 nitrogen and oxygen atoms in total. The van der Waals surface area contributed by atoms with E-state index in [9.17, 15) is 18.0 Å². The van der Waals surface area contributed by atoms with Gasteiger partial charge in [-0.05, 0) is 31.2 Å². The number of benzene rings is 1. The first-order valence-electron chi connectivity index (χ1n) is 6.75. The van der Waals surface area contributed by atoms with Gasteiger partial charge in [0.25, 0.3) is 5.91 Å². The van der Waals surface area contributed by atoms with Gasteiger partial charge in [0.1, 0.15) is 5.69 Å². The molecule has 1 aromatic heterocycles. The Balaban J connectivity index is 2.00. The minimum Gasteiger partial charge on any atom is -0.341 e. The Labute approximate surface area is 131 Å². The quantitative estimate of drug-likeness (QED) is 0.864. The monoisotopic (exact) mass is 318 g/mol. The number of amides is 1. The molecule has 0 aliphatic rings. The van der Waals surface area contributed by atoms with E-state index in [0.29, 0.717) is 0 Å². The van der Waals surface area contributed by atoms with Crippen molar-refractivity contribution in [1.82, 2.24) is 10.3 Å². The molecule has 1 heterocycles. The highest BCUT2D eigenvalue weighted by molar-refractivity contribution is 5.95. The van der Waals surface area contributed by atoms with Crippen LogP contribution < -0.4 is 5.32 Å². The average Bonchev–Trinajstić information content (AvgIpc) is 2.51. The summed E-state index contributed by atoms with van der Waals surface area (Å²) in [6.45, 7) is 1.45. The summed E-state index contributed by atoms with van der Waals surface area (Å²) in [5.74, 6) is 5.13. The van der Waals surface area contributed by atoms with E-state index >= 15 is 0 Å². The molecule has 0 aliphatic heterocycles. The van der Waals surface area contributed by atoms with Gasteiger partial charge in [-0.15, -0.1) is 0 Å². The first-order valence-corrected chi connectivity index (χ1v) is 6.75. The Kier molecular flexibility index (Phi) is 5.02. The SMILES string of the molecule is Cc1nc(C(F)(F)F)ccc1C(=O)NCC#Cc1ccccc1. The van der Waals surface area contributed by atoms with Crippen LogP contribution in [-0.4, -0.2) is 17.4 Å². The van der Waals surface area contributed by atoms with Crippen LogP contribution in [0.25, 0.3) is 0 Å². The molecule has 0 aliphatic carbocycles. The zero-order valence-electron chi connectivity index (χ0n) is 12.2. The molecule has 118 valence electrons. The lowest BCUT2D eigenvalue weighted by Crippen LogP contribution is -2.25. The maximum absolute atomic E-state index is 12.5. The highest BCUT2D eigenvalue weighted by Gasteiger charge is 2.32. The third kappa shape index (κ3) is 4.58. The van der Waals surface area contributed by atoms with Crippen molar-refractivity contribution in [3.63, 3.8) is 0 Å². The molecule has 1 amide bonds. The number of alkyl halides is 3. The second-order valence-corrected chi connectivity index (χ2v) is 4.68. The number of aromatic nitrogens is 1. The van der Waals surface area contributed by atoms with E-state index in [2.05, 4.69) is 22.1 Å². The van der Waals surface area contributed by atoms with Gasteiger partial charge in [0, 0.05) is 5.56 Å². The Hall–Kier alpha value is -2.81. The van der Waals surface area contributed by atoms with Crippen molar-refractivity contribution in [2.24, 2.45) is 0 Å². The van der Waals surface area contributed by atoms with Crippen LogP contribution in [0.15, 0.2) is 42.5 Å². The summed E-state index contributed by atoms with van der Waals surface area (Å²) in [5.41, 5.74) is -0.0857. The maximum Gasteiger partial charge on any atom is 0.433 e. The fourth-order valence-corrected chi connectivity index (χ4v) is 1.85. The topological polar surface area (TPSA) is 42.0 Å². The molecule has 0 bridgehead atoms. The highest BCUT2D eigenvalue weighted by atomic mass is 19.4. The van der Waals surface area contributed by atoms with Gasteiger partial charge in [-0.25, -0.2) is 4.98 Å². The number of carbonyl (C=O) groups excluding carboxylic acids is 1. The van der Waals surface area contributed by atoms with E-state index in [-0.39, 0.29) is 17.8 Å². The fourth-order valence-electron chi connectivity index (χ4n) is 1.85. The summed E-state index contributed by atoms with van der Waals surface area (Å²) in [5, 5.41) is 2.53. The molecule has 1 aromatic carbocycles. The van der Waals surface area contributed by atoms with E-state index in [0.717, 1.165) is 17.7 Å². The van der Waals surface area contributed by atoms with Crippen LogP contribution in [0, 0.1) is 18.8 Å². The molecule has 0 saturated heterocycles. The molecular weight excluding hydrogens is 305 g/mol. The Morgan fingerprint density at radius 1 is 1.17 bits per heavy atom. The van der Waals surface area contributed by atoms with Crippen molar-refractivity contribution in [2.45, 2.75) is 13.1 Å². The predicted molar refractivity (Wildman–Crippen MR) is 79.6 cm³/mol. The van der Waals surface area contributed by atoms with Crippen LogP contribution in [0.1, 0.15) is 27.3 Å². The number of carbonyl (C=O) groups is 1. The number of aryl methyl sites for hydroxylation is 1. The summed E-state index contributed by atoms with van der Waals surface area (Å²) in [6, 6.07) is 11.1. The van der Waals surface area contributed by atoms with E-state index in [1.807, 2.05) is 30.3 Å². The molecule has 23 heavy (non-hydrogen) atoms. The normalized spacial score (nSPS) is 10.6. The van der Waals surface area contributed by atoms with Gasteiger partial charge >= 0.3 is 6.18 Å². The lowest BCUT2D eigenvalue weighted by Gasteiger charge is -2.09. The van der Waals surface area contributed by atoms with Gasteiger partial charge in [-0.3, -0.25) is 4.79 Å². The van der Waals surface area contributed by atoms with E-state index < -0.39 is 17.8 Å². The van der Waals surface area contributed by atoms with Crippen LogP contribution in [-0.2, 0) is 6.18 Å². The predicted octanol–water partition coefficient (Wildman–Crippen LogP) is 3.19. The average molecular weight is 318 g/mol. The van der Waals surface area contributed by atoms with Gasteiger partial charge in [0.2, 0.25) is 0 Å². The number of pyridine rings is 1. The van der Waals surface area contributed by atoms with E-state index in [1.165, 1.54) is 6.92 Å². The zero-order chi connectivity index (χ0) is 16.9. The summed E-state index contributed by atoms with van der Waals surface area (Å²) in [4.78, 5) is 15.4. The number of nitrogens with one attached hydrogen (secondary N) is 1. The van der Waals surface area contributed by atoms with Crippen LogP contribution in [0.4, 0.5) is 13.2 Å². The molecule has 0 radical (unpaired) electrons. The number of hydrogen-bond donors (Lipinski definition) is 1. The standard InChI is InChI=1S/C17H13F3N2O/c1-12-14(9-10-15(22-12)17(18,19)20)16(23)21-11-5-8-13-6-3-2-4-7-13/h2-4,6-7,9-10H,11H2,1H3,(H,21,23). The molecule has 2 rings (SSSR count). The van der Waals surface area contributed by atoms with Crippen molar-refractivity contribution < 1.29 is 18.0 Å². The molecular formula is C17H13F3N2O. The summed E-state index contributed by atoms with van der Waals surface area (Å²) in [7, 11) is 0. The second kappa shape index (κ2) is 6.97. The molecule has 2 aromatic rings. The molecule has 0 saturated carbocycles. The second-order valence-electron chi connectivity index (χ2n) is 4.68. The molecule has 0 fully saturated rings. The minimum atomic E-state index is -4.53. The first kappa shape index (κ1) is 16.6. The lowest BCUT2D eigenvalue weighted by atomic mass is 10.1. The Morgan fingerprint density at radius 2 is 1.87 bits per heavy atom. The number of hydrogen-bond acceptors (Lipinski definition) is 2. The number of rotatable bonds is 2. The van der Waals surface area contributed by atoms with Crippen molar-refractivity contribution in [3.8, 4) is 11.8 Å². The largest absolute Gasteiger partial charge is 0.433 e. The smallest absolute Gasteiger partial charge is 0.341 e. The molecule has 0 spiro atoms. The number of nitrogens with zero attached hydrogens (tertiary/aromatic N) is 1. The minimum absolute atomic E-state index is 0.0216. The third-order valence-corrected chi connectivity index (χ3v) is 2.96. The van der Waals surface area contributed by atoms with Crippen molar-refractivity contribution >= 4 is 5.91 Å². The van der Waals surface area contributed by atoms with Gasteiger partial charge in [0.05, 0.1) is 17.8 Å². The van der Waals surface area contributed by atoms with Crippen LogP contribution in [0.5, 0.6) is 0 Å². The third-order valence-electron chi connectivity index (χ3n) is 2.96. The fraction of sp³-hybridized carbons (Fsp3) is 0.176. The summed E-state index contributed by atoms with van der Waals surface area (Å²) in [6.07, 6.45) is -4.53. The van der Waals surface area contributed by atoms with Gasteiger partial charge < -0.3 is 5.32 Å². The van der Waals surface area contributed by atoms with Gasteiger partial charge in [-0.1, -0.05) is 30.0 Å². The summed E-state index contributed by atoms with van der Waals surface area (Å²) < 4.78 is 37.6. The van der Waals surface area contributed by atoms with Crippen LogP contribution in [0.2, 0.25) is 0 Å². The van der Waals surface area contributed by atoms with Crippen molar-refractivity contribution in [3.05, 3.63) is 65.0 Å². The number of halogens is 3. The lowest BCUT2D eigenvalue weighted by molar-refractivity contribution is -0.141. The van der Waals surface area contributed by atoms with E-state index in [1.54, 1.807) is 0 Å². The first-order chi connectivity index (χ1) is 10.9.